The lowest BCUT2D eigenvalue weighted by Crippen LogP contribution is -2.15. The monoisotopic (exact) mass is 419 g/mol. The van der Waals surface area contributed by atoms with Gasteiger partial charge in [-0.15, -0.1) is 5.10 Å². The summed E-state index contributed by atoms with van der Waals surface area (Å²) in [5.74, 6) is 0.308. The second-order valence-corrected chi connectivity index (χ2v) is 6.63. The fourth-order valence-corrected chi connectivity index (χ4v) is 3.63. The lowest BCUT2D eigenvalue weighted by molar-refractivity contribution is -0.113. The van der Waals surface area contributed by atoms with Gasteiger partial charge in [0.15, 0.2) is 0 Å². The summed E-state index contributed by atoms with van der Waals surface area (Å²) < 4.78 is 1.77. The molecule has 106 valence electrons. The zero-order valence-electron chi connectivity index (χ0n) is 10.4. The van der Waals surface area contributed by atoms with Crippen molar-refractivity contribution in [2.75, 3.05) is 16.8 Å². The number of nitrogens with one attached hydrogen (secondary N) is 2. The van der Waals surface area contributed by atoms with Crippen molar-refractivity contribution in [3.05, 3.63) is 26.6 Å². The van der Waals surface area contributed by atoms with Crippen molar-refractivity contribution in [1.82, 2.24) is 15.2 Å². The maximum Gasteiger partial charge on any atom is 0.234 e. The number of nitrogens with two attached hydrogens (primary N) is 1. The molecule has 0 aliphatic heterocycles. The fourth-order valence-electron chi connectivity index (χ4n) is 1.49. The minimum absolute atomic E-state index is 0.135. The summed E-state index contributed by atoms with van der Waals surface area (Å²) in [4.78, 5) is 15.8. The molecular formula is C11H11Br2N5OS. The SMILES string of the molecule is Cc1cc(Br)cc(Br)c1NC(=O)CSc1n[nH]c(N)n1. The first-order valence-corrected chi connectivity index (χ1v) is 8.09. The number of carbonyl (C=O) groups is 1. The number of rotatable bonds is 4. The number of nitrogens with zero attached hydrogens (tertiary/aromatic N) is 2. The first kappa shape index (κ1) is 15.3. The van der Waals surface area contributed by atoms with Gasteiger partial charge in [-0.1, -0.05) is 27.7 Å². The molecule has 2 aromatic rings. The van der Waals surface area contributed by atoms with E-state index in [1.807, 2.05) is 19.1 Å². The van der Waals surface area contributed by atoms with E-state index in [1.54, 1.807) is 0 Å². The maximum atomic E-state index is 11.9. The Kier molecular flexibility index (Phi) is 5.06. The topological polar surface area (TPSA) is 96.7 Å². The van der Waals surface area contributed by atoms with Gasteiger partial charge in [0, 0.05) is 8.95 Å². The van der Waals surface area contributed by atoms with Crippen molar-refractivity contribution in [3.8, 4) is 0 Å². The highest BCUT2D eigenvalue weighted by molar-refractivity contribution is 9.11. The van der Waals surface area contributed by atoms with Gasteiger partial charge in [-0.3, -0.25) is 4.79 Å². The van der Waals surface area contributed by atoms with Crippen LogP contribution in [0.3, 0.4) is 0 Å². The van der Waals surface area contributed by atoms with E-state index in [0.717, 1.165) is 20.2 Å². The number of anilines is 2. The van der Waals surface area contributed by atoms with Crippen LogP contribution in [0.2, 0.25) is 0 Å². The minimum Gasteiger partial charge on any atom is -0.368 e. The number of nitrogen functional groups attached to an aromatic ring is 1. The van der Waals surface area contributed by atoms with E-state index in [1.165, 1.54) is 11.8 Å². The minimum atomic E-state index is -0.135. The van der Waals surface area contributed by atoms with Gasteiger partial charge in [0.05, 0.1) is 11.4 Å². The number of aryl methyl sites for hydroxylation is 1. The average molecular weight is 421 g/mol. The van der Waals surface area contributed by atoms with E-state index in [-0.39, 0.29) is 17.6 Å². The molecule has 0 saturated carbocycles. The smallest absolute Gasteiger partial charge is 0.234 e. The molecule has 6 nitrogen and oxygen atoms in total. The van der Waals surface area contributed by atoms with E-state index < -0.39 is 0 Å². The Morgan fingerprint density at radius 2 is 2.25 bits per heavy atom. The number of hydrogen-bond acceptors (Lipinski definition) is 5. The Hall–Kier alpha value is -1.06. The molecule has 0 aliphatic carbocycles. The van der Waals surface area contributed by atoms with Gasteiger partial charge in [-0.25, -0.2) is 5.10 Å². The summed E-state index contributed by atoms with van der Waals surface area (Å²) in [6.07, 6.45) is 0. The van der Waals surface area contributed by atoms with Gasteiger partial charge in [-0.05, 0) is 40.5 Å². The van der Waals surface area contributed by atoms with Gasteiger partial charge in [0.1, 0.15) is 0 Å². The zero-order valence-corrected chi connectivity index (χ0v) is 14.4. The molecule has 0 saturated heterocycles. The lowest BCUT2D eigenvalue weighted by Gasteiger charge is -2.10. The fraction of sp³-hybridized carbons (Fsp3) is 0.182. The molecule has 1 amide bonds. The van der Waals surface area contributed by atoms with Crippen molar-refractivity contribution in [3.63, 3.8) is 0 Å². The second-order valence-electron chi connectivity index (χ2n) is 3.92. The van der Waals surface area contributed by atoms with Crippen molar-refractivity contribution in [2.45, 2.75) is 12.1 Å². The van der Waals surface area contributed by atoms with E-state index in [4.69, 9.17) is 5.73 Å². The van der Waals surface area contributed by atoms with Crippen LogP contribution < -0.4 is 11.1 Å². The molecule has 0 spiro atoms. The number of halogens is 2. The third-order valence-electron chi connectivity index (χ3n) is 2.33. The van der Waals surface area contributed by atoms with Gasteiger partial charge in [0.25, 0.3) is 0 Å². The Morgan fingerprint density at radius 1 is 1.50 bits per heavy atom. The summed E-state index contributed by atoms with van der Waals surface area (Å²) in [5.41, 5.74) is 7.13. The molecule has 20 heavy (non-hydrogen) atoms. The van der Waals surface area contributed by atoms with Gasteiger partial charge in [0.2, 0.25) is 17.0 Å². The molecule has 0 bridgehead atoms. The summed E-state index contributed by atoms with van der Waals surface area (Å²) in [6, 6.07) is 3.81. The van der Waals surface area contributed by atoms with E-state index in [2.05, 4.69) is 52.4 Å². The molecule has 1 aromatic carbocycles. The average Bonchev–Trinajstić information content (AvgIpc) is 2.77. The molecule has 1 heterocycles. The Labute approximate surface area is 136 Å². The molecule has 0 unspecified atom stereocenters. The molecule has 0 atom stereocenters. The number of hydrogen-bond donors (Lipinski definition) is 3. The molecule has 4 N–H and O–H groups in total. The third-order valence-corrected chi connectivity index (χ3v) is 4.26. The van der Waals surface area contributed by atoms with E-state index in [0.29, 0.717) is 5.16 Å². The summed E-state index contributed by atoms with van der Waals surface area (Å²) in [7, 11) is 0. The normalized spacial score (nSPS) is 10.6. The lowest BCUT2D eigenvalue weighted by atomic mass is 10.2. The van der Waals surface area contributed by atoms with Crippen LogP contribution in [-0.2, 0) is 4.79 Å². The standard InChI is InChI=1S/C11H11Br2N5OS/c1-5-2-6(12)3-7(13)9(5)15-8(19)4-20-11-16-10(14)17-18-11/h2-3H,4H2,1H3,(H,15,19)(H3,14,16,17,18). The molecular weight excluding hydrogens is 410 g/mol. The number of amides is 1. The molecule has 0 radical (unpaired) electrons. The molecule has 9 heteroatoms. The third kappa shape index (κ3) is 3.97. The van der Waals surface area contributed by atoms with Crippen LogP contribution >= 0.6 is 43.6 Å². The highest BCUT2D eigenvalue weighted by Gasteiger charge is 2.11. The molecule has 0 fully saturated rings. The number of H-pyrrole nitrogens is 1. The number of aromatic nitrogens is 3. The van der Waals surface area contributed by atoms with Crippen LogP contribution in [0.1, 0.15) is 5.56 Å². The molecule has 0 aliphatic rings. The summed E-state index contributed by atoms with van der Waals surface area (Å²) in [6.45, 7) is 1.92. The van der Waals surface area contributed by atoms with Crippen LogP contribution in [0.25, 0.3) is 0 Å². The van der Waals surface area contributed by atoms with Crippen molar-refractivity contribution >= 4 is 61.2 Å². The van der Waals surface area contributed by atoms with E-state index >= 15 is 0 Å². The first-order chi connectivity index (χ1) is 9.45. The highest BCUT2D eigenvalue weighted by Crippen LogP contribution is 2.30. The summed E-state index contributed by atoms with van der Waals surface area (Å²) >= 11 is 8.04. The highest BCUT2D eigenvalue weighted by atomic mass is 79.9. The van der Waals surface area contributed by atoms with E-state index in [9.17, 15) is 4.79 Å². The number of carbonyl (C=O) groups excluding carboxylic acids is 1. The quantitative estimate of drug-likeness (QED) is 0.660. The number of thioether (sulfide) groups is 1. The van der Waals surface area contributed by atoms with Gasteiger partial charge < -0.3 is 11.1 Å². The van der Waals surface area contributed by atoms with Crippen LogP contribution in [0.15, 0.2) is 26.2 Å². The van der Waals surface area contributed by atoms with Gasteiger partial charge in [-0.2, -0.15) is 4.98 Å². The van der Waals surface area contributed by atoms with Crippen LogP contribution in [0.4, 0.5) is 11.6 Å². The van der Waals surface area contributed by atoms with Crippen molar-refractivity contribution in [1.29, 1.82) is 0 Å². The van der Waals surface area contributed by atoms with Crippen molar-refractivity contribution in [2.24, 2.45) is 0 Å². The number of aromatic amines is 1. The summed E-state index contributed by atoms with van der Waals surface area (Å²) in [5, 5.41) is 9.67. The largest absolute Gasteiger partial charge is 0.368 e. The predicted molar refractivity (Wildman–Crippen MR) is 86.7 cm³/mol. The Morgan fingerprint density at radius 3 is 2.85 bits per heavy atom. The van der Waals surface area contributed by atoms with Crippen molar-refractivity contribution < 1.29 is 4.79 Å². The Bertz CT molecular complexity index is 622. The number of benzene rings is 1. The second kappa shape index (κ2) is 6.59. The zero-order chi connectivity index (χ0) is 14.7. The predicted octanol–water partition coefficient (Wildman–Crippen LogP) is 2.95. The maximum absolute atomic E-state index is 11.9. The van der Waals surface area contributed by atoms with Gasteiger partial charge >= 0.3 is 0 Å². The molecule has 1 aromatic heterocycles. The van der Waals surface area contributed by atoms with Crippen LogP contribution in [0, 0.1) is 6.92 Å². The Balaban J connectivity index is 1.98. The molecule has 2 rings (SSSR count). The van der Waals surface area contributed by atoms with Crippen LogP contribution in [0.5, 0.6) is 0 Å². The first-order valence-electron chi connectivity index (χ1n) is 5.52. The van der Waals surface area contributed by atoms with Crippen LogP contribution in [-0.4, -0.2) is 26.8 Å².